The maximum absolute atomic E-state index is 12.3. The van der Waals surface area contributed by atoms with E-state index in [1.807, 2.05) is 13.8 Å². The van der Waals surface area contributed by atoms with Crippen molar-refractivity contribution in [3.63, 3.8) is 0 Å². The molecule has 1 aromatic rings. The van der Waals surface area contributed by atoms with E-state index in [0.29, 0.717) is 12.2 Å². The molecule has 0 heterocycles. The Morgan fingerprint density at radius 1 is 1.56 bits per heavy atom. The predicted molar refractivity (Wildman–Crippen MR) is 76.8 cm³/mol. The number of aromatic hydroxyl groups is 1. The average Bonchev–Trinajstić information content (AvgIpc) is 2.33. The first-order valence-electron chi connectivity index (χ1n) is 5.78. The molecule has 5 heteroatoms. The van der Waals surface area contributed by atoms with Crippen molar-refractivity contribution < 1.29 is 9.90 Å². The van der Waals surface area contributed by atoms with Gasteiger partial charge >= 0.3 is 0 Å². The first-order valence-corrected chi connectivity index (χ1v) is 6.19. The van der Waals surface area contributed by atoms with Crippen LogP contribution >= 0.6 is 12.2 Å². The number of nitrogens with zero attached hydrogens (tertiary/aromatic N) is 1. The highest BCUT2D eigenvalue weighted by Crippen LogP contribution is 2.26. The average molecular weight is 266 g/mol. The molecule has 98 valence electrons. The maximum Gasteiger partial charge on any atom is 0.236 e. The van der Waals surface area contributed by atoms with Gasteiger partial charge in [0.2, 0.25) is 5.91 Å². The number of thiocarbonyl (C=S) groups is 1. The molecule has 1 atom stereocenters. The molecule has 1 amide bonds. The van der Waals surface area contributed by atoms with Crippen LogP contribution in [0.5, 0.6) is 5.75 Å². The molecule has 3 N–H and O–H groups in total. The zero-order valence-corrected chi connectivity index (χ0v) is 11.6. The number of aryl methyl sites for hydroxylation is 1. The van der Waals surface area contributed by atoms with Crippen LogP contribution in [0.3, 0.4) is 0 Å². The molecule has 0 saturated heterocycles. The lowest BCUT2D eigenvalue weighted by Gasteiger charge is -2.25. The third kappa shape index (κ3) is 2.98. The number of nitrogens with two attached hydrogens (primary N) is 1. The number of phenols is 1. The minimum Gasteiger partial charge on any atom is -0.508 e. The number of phenolic OH excluding ortho intramolecular Hbond substituents is 1. The fraction of sp³-hybridized carbons (Fsp3) is 0.385. The van der Waals surface area contributed by atoms with Crippen LogP contribution in [0.2, 0.25) is 0 Å². The molecule has 1 aromatic carbocycles. The minimum absolute atomic E-state index is 0.129. The van der Waals surface area contributed by atoms with E-state index in [1.54, 1.807) is 30.0 Å². The second kappa shape index (κ2) is 5.82. The molecule has 0 radical (unpaired) electrons. The molecule has 0 bridgehead atoms. The van der Waals surface area contributed by atoms with Gasteiger partial charge in [-0.05, 0) is 32.4 Å². The van der Waals surface area contributed by atoms with Gasteiger partial charge in [0.15, 0.2) is 0 Å². The highest BCUT2D eigenvalue weighted by Gasteiger charge is 2.23. The minimum atomic E-state index is -0.512. The van der Waals surface area contributed by atoms with Crippen molar-refractivity contribution in [1.82, 2.24) is 0 Å². The van der Waals surface area contributed by atoms with E-state index in [9.17, 15) is 9.90 Å². The van der Waals surface area contributed by atoms with Crippen molar-refractivity contribution >= 4 is 28.8 Å². The number of hydrogen-bond donors (Lipinski definition) is 2. The van der Waals surface area contributed by atoms with Gasteiger partial charge < -0.3 is 15.7 Å². The molecule has 0 aliphatic heterocycles. The summed E-state index contributed by atoms with van der Waals surface area (Å²) in [7, 11) is 0. The third-order valence-electron chi connectivity index (χ3n) is 2.86. The van der Waals surface area contributed by atoms with Crippen LogP contribution in [-0.2, 0) is 4.79 Å². The summed E-state index contributed by atoms with van der Waals surface area (Å²) in [6, 6.07) is 4.93. The fourth-order valence-electron chi connectivity index (χ4n) is 1.69. The van der Waals surface area contributed by atoms with E-state index < -0.39 is 5.92 Å². The van der Waals surface area contributed by atoms with Gasteiger partial charge in [-0.25, -0.2) is 0 Å². The summed E-state index contributed by atoms with van der Waals surface area (Å²) in [5, 5.41) is 9.52. The Morgan fingerprint density at radius 3 is 2.67 bits per heavy atom. The van der Waals surface area contributed by atoms with Gasteiger partial charge in [-0.1, -0.05) is 18.3 Å². The lowest BCUT2D eigenvalue weighted by atomic mass is 10.1. The second-order valence-corrected chi connectivity index (χ2v) is 4.65. The first-order chi connectivity index (χ1) is 8.38. The summed E-state index contributed by atoms with van der Waals surface area (Å²) in [4.78, 5) is 14.0. The van der Waals surface area contributed by atoms with Crippen molar-refractivity contribution in [2.24, 2.45) is 11.7 Å². The normalized spacial score (nSPS) is 11.9. The maximum atomic E-state index is 12.3. The molecule has 0 spiro atoms. The van der Waals surface area contributed by atoms with E-state index in [-0.39, 0.29) is 16.6 Å². The number of anilines is 1. The molecule has 18 heavy (non-hydrogen) atoms. The number of hydrogen-bond acceptors (Lipinski definition) is 3. The number of carbonyl (C=O) groups excluding carboxylic acids is 1. The van der Waals surface area contributed by atoms with E-state index in [0.717, 1.165) is 5.56 Å². The predicted octanol–water partition coefficient (Wildman–Crippen LogP) is 1.98. The Balaban J connectivity index is 3.13. The number of amides is 1. The monoisotopic (exact) mass is 266 g/mol. The lowest BCUT2D eigenvalue weighted by molar-refractivity contribution is -0.120. The first kappa shape index (κ1) is 14.4. The van der Waals surface area contributed by atoms with Gasteiger partial charge in [0.25, 0.3) is 0 Å². The van der Waals surface area contributed by atoms with Crippen LogP contribution in [0, 0.1) is 12.8 Å². The molecule has 0 saturated carbocycles. The zero-order valence-electron chi connectivity index (χ0n) is 10.8. The largest absolute Gasteiger partial charge is 0.508 e. The van der Waals surface area contributed by atoms with Crippen molar-refractivity contribution in [2.45, 2.75) is 20.8 Å². The molecular formula is C13H18N2O2S. The third-order valence-corrected chi connectivity index (χ3v) is 3.22. The van der Waals surface area contributed by atoms with Gasteiger partial charge in [-0.15, -0.1) is 0 Å². The van der Waals surface area contributed by atoms with Crippen LogP contribution in [0.4, 0.5) is 5.69 Å². The Labute approximate surface area is 112 Å². The van der Waals surface area contributed by atoms with Gasteiger partial charge in [-0.2, -0.15) is 0 Å². The van der Waals surface area contributed by atoms with Crippen LogP contribution < -0.4 is 10.6 Å². The van der Waals surface area contributed by atoms with E-state index in [4.69, 9.17) is 18.0 Å². The summed E-state index contributed by atoms with van der Waals surface area (Å²) < 4.78 is 0. The van der Waals surface area contributed by atoms with Crippen molar-refractivity contribution in [2.75, 3.05) is 11.4 Å². The van der Waals surface area contributed by atoms with Crippen molar-refractivity contribution in [3.8, 4) is 5.75 Å². The van der Waals surface area contributed by atoms with Gasteiger partial charge in [0.1, 0.15) is 5.75 Å². The Hall–Kier alpha value is -1.62. The molecule has 1 unspecified atom stereocenters. The lowest BCUT2D eigenvalue weighted by Crippen LogP contribution is -2.40. The summed E-state index contributed by atoms with van der Waals surface area (Å²) in [5.74, 6) is -0.537. The van der Waals surface area contributed by atoms with Crippen LogP contribution in [0.1, 0.15) is 19.4 Å². The Morgan fingerprint density at radius 2 is 2.17 bits per heavy atom. The molecule has 1 rings (SSSR count). The topological polar surface area (TPSA) is 66.6 Å². The van der Waals surface area contributed by atoms with Gasteiger partial charge in [0, 0.05) is 12.6 Å². The molecule has 4 nitrogen and oxygen atoms in total. The number of carbonyl (C=O) groups is 1. The second-order valence-electron chi connectivity index (χ2n) is 4.18. The Kier molecular flexibility index (Phi) is 4.67. The van der Waals surface area contributed by atoms with E-state index >= 15 is 0 Å². The molecule has 0 aromatic heterocycles. The summed E-state index contributed by atoms with van der Waals surface area (Å²) >= 11 is 4.85. The smallest absolute Gasteiger partial charge is 0.236 e. The number of benzene rings is 1. The SMILES string of the molecule is CCN(C(=O)C(C)C(N)=S)c1cc(O)ccc1C. The molecule has 0 aliphatic carbocycles. The molecular weight excluding hydrogens is 248 g/mol. The van der Waals surface area contributed by atoms with Gasteiger partial charge in [-0.3, -0.25) is 4.79 Å². The summed E-state index contributed by atoms with van der Waals surface area (Å²) in [5.41, 5.74) is 7.11. The Bertz CT molecular complexity index is 474. The van der Waals surface area contributed by atoms with E-state index in [1.165, 1.54) is 0 Å². The quantitative estimate of drug-likeness (QED) is 0.818. The number of rotatable bonds is 4. The van der Waals surface area contributed by atoms with Gasteiger partial charge in [0.05, 0.1) is 16.6 Å². The molecule has 0 fully saturated rings. The fourth-order valence-corrected chi connectivity index (χ4v) is 1.79. The van der Waals surface area contributed by atoms with Crippen molar-refractivity contribution in [3.05, 3.63) is 23.8 Å². The van der Waals surface area contributed by atoms with Crippen molar-refractivity contribution in [1.29, 1.82) is 0 Å². The van der Waals surface area contributed by atoms with E-state index in [2.05, 4.69) is 0 Å². The van der Waals surface area contributed by atoms with Crippen LogP contribution in [0.15, 0.2) is 18.2 Å². The summed E-state index contributed by atoms with van der Waals surface area (Å²) in [6.07, 6.45) is 0. The van der Waals surface area contributed by atoms with Crippen LogP contribution in [-0.4, -0.2) is 22.5 Å². The zero-order chi connectivity index (χ0) is 13.9. The standard InChI is InChI=1S/C13H18N2O2S/c1-4-15(13(17)9(3)12(14)18)11-7-10(16)6-5-8(11)2/h5-7,9,16H,4H2,1-3H3,(H2,14,18). The summed E-state index contributed by atoms with van der Waals surface area (Å²) in [6.45, 7) is 5.94. The molecule has 0 aliphatic rings. The van der Waals surface area contributed by atoms with Crippen LogP contribution in [0.25, 0.3) is 0 Å². The highest BCUT2D eigenvalue weighted by molar-refractivity contribution is 7.80. The highest BCUT2D eigenvalue weighted by atomic mass is 32.1.